The summed E-state index contributed by atoms with van der Waals surface area (Å²) in [6, 6.07) is 8.10. The second-order valence-electron chi connectivity index (χ2n) is 3.08. The number of nitrogens with one attached hydrogen (secondary N) is 1. The van der Waals surface area contributed by atoms with Gasteiger partial charge in [-0.05, 0) is 18.0 Å². The van der Waals surface area contributed by atoms with E-state index in [0.29, 0.717) is 6.54 Å². The lowest BCUT2D eigenvalue weighted by molar-refractivity contribution is -0.212. The van der Waals surface area contributed by atoms with Crippen LogP contribution in [0.3, 0.4) is 0 Å². The molecule has 0 fully saturated rings. The number of hydrogen-bond acceptors (Lipinski definition) is 4. The summed E-state index contributed by atoms with van der Waals surface area (Å²) in [5, 5.41) is 0. The van der Waals surface area contributed by atoms with Gasteiger partial charge in [-0.2, -0.15) is 0 Å². The Bertz CT molecular complexity index is 326. The van der Waals surface area contributed by atoms with Crippen LogP contribution in [0.1, 0.15) is 5.56 Å². The van der Waals surface area contributed by atoms with Gasteiger partial charge in [0.1, 0.15) is 0 Å². The third-order valence-corrected chi connectivity index (χ3v) is 3.31. The molecule has 0 radical (unpaired) electrons. The van der Waals surface area contributed by atoms with E-state index in [-0.39, 0.29) is 0 Å². The Morgan fingerprint density at radius 3 is 2.71 bits per heavy atom. The van der Waals surface area contributed by atoms with E-state index in [1.54, 1.807) is 26.2 Å². The summed E-state index contributed by atoms with van der Waals surface area (Å²) in [7, 11) is 3.33. The minimum Gasteiger partial charge on any atom is -0.348 e. The molecular formula is C10H13NO2S. The summed E-state index contributed by atoms with van der Waals surface area (Å²) < 4.78 is 14.1. The van der Waals surface area contributed by atoms with Crippen molar-refractivity contribution < 1.29 is 9.47 Å². The zero-order valence-corrected chi connectivity index (χ0v) is 9.06. The highest BCUT2D eigenvalue weighted by molar-refractivity contribution is 7.97. The molecule has 0 atom stereocenters. The minimum absolute atomic E-state index is 0.637. The van der Waals surface area contributed by atoms with E-state index in [0.717, 1.165) is 10.5 Å². The molecule has 0 bridgehead atoms. The number of methoxy groups -OCH3 is 2. The molecule has 1 aliphatic rings. The summed E-state index contributed by atoms with van der Waals surface area (Å²) in [5.74, 6) is -0.637. The number of ether oxygens (including phenoxy) is 2. The van der Waals surface area contributed by atoms with Gasteiger partial charge in [0.25, 0.3) is 0 Å². The van der Waals surface area contributed by atoms with Crippen LogP contribution in [0.4, 0.5) is 0 Å². The van der Waals surface area contributed by atoms with Gasteiger partial charge in [0, 0.05) is 24.7 Å². The van der Waals surface area contributed by atoms with E-state index in [9.17, 15) is 0 Å². The predicted octanol–water partition coefficient (Wildman–Crippen LogP) is 1.74. The van der Waals surface area contributed by atoms with Gasteiger partial charge in [0.2, 0.25) is 5.79 Å². The zero-order valence-electron chi connectivity index (χ0n) is 8.24. The average molecular weight is 211 g/mol. The number of hydrogen-bond donors (Lipinski definition) is 1. The quantitative estimate of drug-likeness (QED) is 0.596. The van der Waals surface area contributed by atoms with Gasteiger partial charge >= 0.3 is 0 Å². The Morgan fingerprint density at radius 1 is 1.29 bits per heavy atom. The van der Waals surface area contributed by atoms with Gasteiger partial charge in [-0.15, -0.1) is 0 Å². The molecule has 76 valence electrons. The Hall–Kier alpha value is -0.550. The van der Waals surface area contributed by atoms with Crippen LogP contribution >= 0.6 is 11.9 Å². The molecule has 1 heterocycles. The van der Waals surface area contributed by atoms with Crippen molar-refractivity contribution >= 4 is 11.9 Å². The maximum atomic E-state index is 5.46. The second-order valence-corrected chi connectivity index (χ2v) is 4.01. The molecule has 1 aromatic carbocycles. The maximum absolute atomic E-state index is 5.46. The maximum Gasteiger partial charge on any atom is 0.209 e. The first kappa shape index (κ1) is 9.98. The van der Waals surface area contributed by atoms with Crippen LogP contribution in [0, 0.1) is 0 Å². The first-order valence-corrected chi connectivity index (χ1v) is 5.23. The van der Waals surface area contributed by atoms with Crippen LogP contribution in [0.25, 0.3) is 0 Å². The molecular weight excluding hydrogens is 198 g/mol. The standard InChI is InChI=1S/C10H13NO2S/c1-12-10(13-2)7-11-14-9-6-4-3-5-8(9)10/h3-6,11H,7H2,1-2H3. The Kier molecular flexibility index (Phi) is 2.78. The molecule has 0 saturated carbocycles. The van der Waals surface area contributed by atoms with Crippen LogP contribution in [0.15, 0.2) is 29.2 Å². The highest BCUT2D eigenvalue weighted by Gasteiger charge is 2.37. The van der Waals surface area contributed by atoms with Gasteiger partial charge in [-0.1, -0.05) is 18.2 Å². The highest BCUT2D eigenvalue weighted by atomic mass is 32.2. The molecule has 1 aliphatic heterocycles. The molecule has 0 spiro atoms. The molecule has 14 heavy (non-hydrogen) atoms. The Labute approximate surface area is 87.9 Å². The fourth-order valence-corrected chi connectivity index (χ4v) is 2.52. The fourth-order valence-electron chi connectivity index (χ4n) is 1.62. The Morgan fingerprint density at radius 2 is 2.00 bits per heavy atom. The molecule has 0 unspecified atom stereocenters. The van der Waals surface area contributed by atoms with Crippen LogP contribution < -0.4 is 4.72 Å². The summed E-state index contributed by atoms with van der Waals surface area (Å²) in [6.07, 6.45) is 0. The van der Waals surface area contributed by atoms with Crippen LogP contribution in [-0.2, 0) is 15.3 Å². The van der Waals surface area contributed by atoms with Crippen LogP contribution in [0.5, 0.6) is 0 Å². The summed E-state index contributed by atoms with van der Waals surface area (Å²) in [6.45, 7) is 0.654. The van der Waals surface area contributed by atoms with Crippen molar-refractivity contribution in [2.75, 3.05) is 20.8 Å². The van der Waals surface area contributed by atoms with E-state index in [2.05, 4.69) is 10.8 Å². The topological polar surface area (TPSA) is 30.5 Å². The number of rotatable bonds is 2. The van der Waals surface area contributed by atoms with Crippen LogP contribution in [-0.4, -0.2) is 20.8 Å². The molecule has 1 N–H and O–H groups in total. The number of fused-ring (bicyclic) bond motifs is 1. The fraction of sp³-hybridized carbons (Fsp3) is 0.400. The lowest BCUT2D eigenvalue weighted by Gasteiger charge is -2.35. The molecule has 0 amide bonds. The SMILES string of the molecule is COC1(OC)CNSc2ccccc21. The second kappa shape index (κ2) is 3.90. The summed E-state index contributed by atoms with van der Waals surface area (Å²) >= 11 is 1.61. The van der Waals surface area contributed by atoms with Crippen molar-refractivity contribution in [1.29, 1.82) is 0 Å². The minimum atomic E-state index is -0.637. The van der Waals surface area contributed by atoms with E-state index < -0.39 is 5.79 Å². The lowest BCUT2D eigenvalue weighted by atomic mass is 10.1. The van der Waals surface area contributed by atoms with E-state index >= 15 is 0 Å². The lowest BCUT2D eigenvalue weighted by Crippen LogP contribution is -2.42. The molecule has 3 nitrogen and oxygen atoms in total. The molecule has 0 aromatic heterocycles. The zero-order chi connectivity index (χ0) is 10.0. The first-order valence-electron chi connectivity index (χ1n) is 4.42. The number of benzene rings is 1. The highest BCUT2D eigenvalue weighted by Crippen LogP contribution is 2.36. The molecule has 1 aromatic rings. The van der Waals surface area contributed by atoms with Gasteiger partial charge in [0.15, 0.2) is 0 Å². The van der Waals surface area contributed by atoms with E-state index in [1.165, 1.54) is 0 Å². The normalized spacial score (nSPS) is 19.0. The van der Waals surface area contributed by atoms with Crippen molar-refractivity contribution in [2.24, 2.45) is 0 Å². The molecule has 2 rings (SSSR count). The van der Waals surface area contributed by atoms with Gasteiger partial charge < -0.3 is 9.47 Å². The third kappa shape index (κ3) is 1.44. The first-order chi connectivity index (χ1) is 6.82. The predicted molar refractivity (Wildman–Crippen MR) is 56.0 cm³/mol. The molecule has 4 heteroatoms. The largest absolute Gasteiger partial charge is 0.348 e. The third-order valence-electron chi connectivity index (χ3n) is 2.44. The molecule has 0 aliphatic carbocycles. The van der Waals surface area contributed by atoms with Gasteiger partial charge in [0.05, 0.1) is 6.54 Å². The average Bonchev–Trinajstić information content (AvgIpc) is 2.28. The molecule has 0 saturated heterocycles. The Balaban J connectivity index is 2.48. The van der Waals surface area contributed by atoms with Crippen molar-refractivity contribution in [1.82, 2.24) is 4.72 Å². The summed E-state index contributed by atoms with van der Waals surface area (Å²) in [5.41, 5.74) is 1.09. The van der Waals surface area contributed by atoms with Crippen molar-refractivity contribution in [3.8, 4) is 0 Å². The van der Waals surface area contributed by atoms with Crippen molar-refractivity contribution in [3.05, 3.63) is 29.8 Å². The van der Waals surface area contributed by atoms with Crippen LogP contribution in [0.2, 0.25) is 0 Å². The monoisotopic (exact) mass is 211 g/mol. The van der Waals surface area contributed by atoms with Crippen molar-refractivity contribution in [3.63, 3.8) is 0 Å². The summed E-state index contributed by atoms with van der Waals surface area (Å²) in [4.78, 5) is 1.16. The van der Waals surface area contributed by atoms with Gasteiger partial charge in [-0.25, -0.2) is 0 Å². The van der Waals surface area contributed by atoms with Crippen molar-refractivity contribution in [2.45, 2.75) is 10.7 Å². The van der Waals surface area contributed by atoms with E-state index in [1.807, 2.05) is 18.2 Å². The van der Waals surface area contributed by atoms with Gasteiger partial charge in [-0.3, -0.25) is 4.72 Å². The van der Waals surface area contributed by atoms with E-state index in [4.69, 9.17) is 9.47 Å². The smallest absolute Gasteiger partial charge is 0.209 e.